The molecule has 9 heteroatoms. The molecule has 2 aromatic heterocycles. The number of fused-ring (bicyclic) bond motifs is 1. The van der Waals surface area contributed by atoms with Crippen LogP contribution in [0.5, 0.6) is 5.75 Å². The van der Waals surface area contributed by atoms with E-state index in [-0.39, 0.29) is 24.7 Å². The van der Waals surface area contributed by atoms with E-state index >= 15 is 0 Å². The number of amides is 1. The molecule has 32 heavy (non-hydrogen) atoms. The zero-order chi connectivity index (χ0) is 22.7. The lowest BCUT2D eigenvalue weighted by atomic mass is 10.0. The summed E-state index contributed by atoms with van der Waals surface area (Å²) in [6.07, 6.45) is 1.98. The van der Waals surface area contributed by atoms with Gasteiger partial charge in [-0.05, 0) is 18.2 Å². The molecule has 1 amide bonds. The van der Waals surface area contributed by atoms with Crippen molar-refractivity contribution in [3.05, 3.63) is 47.8 Å². The summed E-state index contributed by atoms with van der Waals surface area (Å²) in [5.74, 6) is 1.22. The second-order valence-corrected chi connectivity index (χ2v) is 7.92. The van der Waals surface area contributed by atoms with Gasteiger partial charge in [-0.15, -0.1) is 0 Å². The van der Waals surface area contributed by atoms with Crippen LogP contribution in [0.2, 0.25) is 0 Å². The van der Waals surface area contributed by atoms with Crippen molar-refractivity contribution in [2.24, 2.45) is 0 Å². The van der Waals surface area contributed by atoms with Crippen molar-refractivity contribution in [1.29, 1.82) is 0 Å². The van der Waals surface area contributed by atoms with Gasteiger partial charge in [-0.25, -0.2) is 4.98 Å². The Labute approximate surface area is 186 Å². The van der Waals surface area contributed by atoms with Gasteiger partial charge in [0.15, 0.2) is 5.78 Å². The lowest BCUT2D eigenvalue weighted by Gasteiger charge is -2.26. The number of ether oxygens (including phenoxy) is 2. The van der Waals surface area contributed by atoms with E-state index < -0.39 is 0 Å². The van der Waals surface area contributed by atoms with Gasteiger partial charge in [-0.1, -0.05) is 6.07 Å². The van der Waals surface area contributed by atoms with Crippen LogP contribution in [-0.2, 0) is 22.5 Å². The number of aromatic nitrogens is 3. The van der Waals surface area contributed by atoms with Crippen LogP contribution >= 0.6 is 0 Å². The third kappa shape index (κ3) is 4.72. The van der Waals surface area contributed by atoms with Crippen LogP contribution in [-0.4, -0.2) is 78.9 Å². The van der Waals surface area contributed by atoms with E-state index in [1.807, 2.05) is 43.4 Å². The normalized spacial score (nSPS) is 13.9. The highest BCUT2D eigenvalue weighted by Crippen LogP contribution is 2.27. The summed E-state index contributed by atoms with van der Waals surface area (Å²) in [7, 11) is 5.34. The summed E-state index contributed by atoms with van der Waals surface area (Å²) in [6.45, 7) is 2.49. The molecule has 1 aliphatic rings. The van der Waals surface area contributed by atoms with Crippen LogP contribution in [0, 0.1) is 0 Å². The molecule has 0 atom stereocenters. The van der Waals surface area contributed by atoms with Crippen molar-refractivity contribution < 1.29 is 19.1 Å². The number of ketones is 1. The van der Waals surface area contributed by atoms with Crippen LogP contribution in [0.1, 0.15) is 16.1 Å². The van der Waals surface area contributed by atoms with E-state index in [2.05, 4.69) is 10.1 Å². The number of methoxy groups -OCH3 is 1. The molecule has 0 saturated carbocycles. The van der Waals surface area contributed by atoms with E-state index in [1.165, 1.54) is 0 Å². The van der Waals surface area contributed by atoms with Gasteiger partial charge in [-0.3, -0.25) is 14.3 Å². The molecule has 1 aliphatic heterocycles. The molecular weight excluding hydrogens is 410 g/mol. The van der Waals surface area contributed by atoms with Crippen LogP contribution in [0.4, 0.5) is 5.82 Å². The van der Waals surface area contributed by atoms with Crippen LogP contribution in [0.15, 0.2) is 36.5 Å². The van der Waals surface area contributed by atoms with E-state index in [0.717, 1.165) is 16.8 Å². The van der Waals surface area contributed by atoms with Gasteiger partial charge in [0.2, 0.25) is 5.91 Å². The summed E-state index contributed by atoms with van der Waals surface area (Å²) < 4.78 is 12.5. The van der Waals surface area contributed by atoms with Crippen LogP contribution in [0.3, 0.4) is 0 Å². The summed E-state index contributed by atoms with van der Waals surface area (Å²) >= 11 is 0. The molecule has 0 N–H and O–H groups in total. The number of benzene rings is 1. The molecule has 0 aliphatic carbocycles. The third-order valence-corrected chi connectivity index (χ3v) is 5.44. The number of hydrogen-bond acceptors (Lipinski definition) is 7. The van der Waals surface area contributed by atoms with Crippen molar-refractivity contribution in [3.8, 4) is 5.75 Å². The largest absolute Gasteiger partial charge is 0.496 e. The number of carbonyl (C=O) groups excluding carboxylic acids is 2. The molecule has 1 saturated heterocycles. The molecule has 0 spiro atoms. The van der Waals surface area contributed by atoms with Gasteiger partial charge in [0.25, 0.3) is 0 Å². The van der Waals surface area contributed by atoms with Gasteiger partial charge < -0.3 is 19.3 Å². The first-order valence-corrected chi connectivity index (χ1v) is 10.5. The second kappa shape index (κ2) is 9.35. The molecular formula is C23H27N5O4. The predicted octanol–water partition coefficient (Wildman–Crippen LogP) is 1.79. The molecule has 0 bridgehead atoms. The number of rotatable bonds is 7. The number of pyridine rings is 1. The Kier molecular flexibility index (Phi) is 6.36. The Morgan fingerprint density at radius 1 is 1.19 bits per heavy atom. The Bertz CT molecular complexity index is 1130. The Balaban J connectivity index is 1.55. The minimum absolute atomic E-state index is 0.00956. The fourth-order valence-electron chi connectivity index (χ4n) is 3.70. The third-order valence-electron chi connectivity index (χ3n) is 5.44. The van der Waals surface area contributed by atoms with Gasteiger partial charge in [0.1, 0.15) is 23.8 Å². The van der Waals surface area contributed by atoms with Crippen molar-refractivity contribution in [1.82, 2.24) is 19.7 Å². The fourth-order valence-corrected chi connectivity index (χ4v) is 3.70. The minimum Gasteiger partial charge on any atom is -0.496 e. The predicted molar refractivity (Wildman–Crippen MR) is 120 cm³/mol. The van der Waals surface area contributed by atoms with Gasteiger partial charge >= 0.3 is 0 Å². The van der Waals surface area contributed by atoms with Crippen molar-refractivity contribution >= 4 is 28.4 Å². The minimum atomic E-state index is -0.0961. The van der Waals surface area contributed by atoms with Gasteiger partial charge in [0, 0.05) is 56.8 Å². The molecule has 1 aromatic carbocycles. The Morgan fingerprint density at radius 3 is 2.69 bits per heavy atom. The second-order valence-electron chi connectivity index (χ2n) is 7.92. The zero-order valence-corrected chi connectivity index (χ0v) is 18.6. The first kappa shape index (κ1) is 21.8. The standard InChI is InChI=1S/C23H27N5O4/c1-26(2)22-6-4-5-18(24-22)20(29)12-16-11-17-14-28(25-19(17)13-21(16)31-3)15-23(30)27-7-9-32-10-8-27/h4-6,11,13-14H,7-10,12,15H2,1-3H3. The highest BCUT2D eigenvalue weighted by molar-refractivity contribution is 5.97. The number of morpholine rings is 1. The summed E-state index contributed by atoms with van der Waals surface area (Å²) in [6, 6.07) is 9.10. The smallest absolute Gasteiger partial charge is 0.244 e. The molecule has 4 rings (SSSR count). The number of anilines is 1. The quantitative estimate of drug-likeness (QED) is 0.521. The first-order chi connectivity index (χ1) is 15.4. The maximum Gasteiger partial charge on any atom is 0.244 e. The number of carbonyl (C=O) groups is 2. The maximum absolute atomic E-state index is 12.9. The SMILES string of the molecule is COc1cc2nn(CC(=O)N3CCOCC3)cc2cc1CC(=O)c1cccc(N(C)C)n1. The highest BCUT2D eigenvalue weighted by atomic mass is 16.5. The molecule has 3 heterocycles. The van der Waals surface area contributed by atoms with E-state index in [4.69, 9.17) is 9.47 Å². The summed E-state index contributed by atoms with van der Waals surface area (Å²) in [4.78, 5) is 33.5. The fraction of sp³-hybridized carbons (Fsp3) is 0.391. The average Bonchev–Trinajstić information content (AvgIpc) is 3.20. The van der Waals surface area contributed by atoms with Crippen molar-refractivity contribution in [3.63, 3.8) is 0 Å². The monoisotopic (exact) mass is 437 g/mol. The number of Topliss-reactive ketones (excluding diaryl/α,β-unsaturated/α-hetero) is 1. The molecule has 168 valence electrons. The topological polar surface area (TPSA) is 89.8 Å². The van der Waals surface area contributed by atoms with Crippen molar-refractivity contribution in [2.45, 2.75) is 13.0 Å². The first-order valence-electron chi connectivity index (χ1n) is 10.5. The van der Waals surface area contributed by atoms with Gasteiger partial charge in [-0.2, -0.15) is 5.10 Å². The summed E-state index contributed by atoms with van der Waals surface area (Å²) in [5, 5.41) is 5.37. The Morgan fingerprint density at radius 2 is 1.97 bits per heavy atom. The molecule has 0 unspecified atom stereocenters. The van der Waals surface area contributed by atoms with Crippen molar-refractivity contribution in [2.75, 3.05) is 52.4 Å². The molecule has 0 radical (unpaired) electrons. The molecule has 3 aromatic rings. The summed E-state index contributed by atoms with van der Waals surface area (Å²) in [5.41, 5.74) is 1.87. The highest BCUT2D eigenvalue weighted by Gasteiger charge is 2.19. The lowest BCUT2D eigenvalue weighted by Crippen LogP contribution is -2.42. The molecule has 1 fully saturated rings. The zero-order valence-electron chi connectivity index (χ0n) is 18.6. The average molecular weight is 438 g/mol. The number of hydrogen-bond donors (Lipinski definition) is 0. The van der Waals surface area contributed by atoms with Gasteiger partial charge in [0.05, 0.1) is 25.8 Å². The lowest BCUT2D eigenvalue weighted by molar-refractivity contribution is -0.136. The van der Waals surface area contributed by atoms with Crippen LogP contribution < -0.4 is 9.64 Å². The van der Waals surface area contributed by atoms with E-state index in [0.29, 0.717) is 43.3 Å². The number of nitrogens with zero attached hydrogens (tertiary/aromatic N) is 5. The van der Waals surface area contributed by atoms with Crippen LogP contribution in [0.25, 0.3) is 10.9 Å². The maximum atomic E-state index is 12.9. The van der Waals surface area contributed by atoms with E-state index in [9.17, 15) is 9.59 Å². The molecule has 9 nitrogen and oxygen atoms in total. The van der Waals surface area contributed by atoms with E-state index in [1.54, 1.807) is 28.8 Å². The Hall–Kier alpha value is -3.46.